The number of hydrogen-bond acceptors (Lipinski definition) is 6. The molecule has 2 aromatic carbocycles. The maximum atomic E-state index is 12.4. The van der Waals surface area contributed by atoms with Gasteiger partial charge >= 0.3 is 5.63 Å². The van der Waals surface area contributed by atoms with Gasteiger partial charge in [-0.25, -0.2) is 4.79 Å². The largest absolute Gasteiger partial charge is 0.486 e. The van der Waals surface area contributed by atoms with Crippen molar-refractivity contribution in [2.24, 2.45) is 0 Å². The monoisotopic (exact) mass is 409 g/mol. The van der Waals surface area contributed by atoms with Crippen molar-refractivity contribution < 1.29 is 23.4 Å². The molecule has 0 bridgehead atoms. The quantitative estimate of drug-likeness (QED) is 0.650. The van der Waals surface area contributed by atoms with E-state index >= 15 is 0 Å². The zero-order valence-electron chi connectivity index (χ0n) is 17.1. The lowest BCUT2D eigenvalue weighted by Gasteiger charge is -2.21. The normalized spacial score (nSPS) is 13.7. The number of nitrogens with one attached hydrogen (secondary N) is 1. The molecular weight excluding hydrogens is 386 g/mol. The van der Waals surface area contributed by atoms with Crippen LogP contribution in [0.4, 0.5) is 0 Å². The Bertz CT molecular complexity index is 1170. The SMILES string of the molecule is Cc1cc(=O)oc2c(C)c(OCC(=O)N[C@@H](C)c3ccc4c(c3)OCCO4)ccc12. The molecule has 1 aromatic heterocycles. The van der Waals surface area contributed by atoms with E-state index in [0.717, 1.165) is 16.5 Å². The highest BCUT2D eigenvalue weighted by molar-refractivity contribution is 5.85. The Morgan fingerprint density at radius 2 is 1.87 bits per heavy atom. The summed E-state index contributed by atoms with van der Waals surface area (Å²) in [6.07, 6.45) is 0. The molecule has 1 aliphatic rings. The first kappa shape index (κ1) is 19.8. The van der Waals surface area contributed by atoms with Gasteiger partial charge in [-0.2, -0.15) is 0 Å². The van der Waals surface area contributed by atoms with Crippen LogP contribution in [0.2, 0.25) is 0 Å². The maximum absolute atomic E-state index is 12.4. The van der Waals surface area contributed by atoms with Crippen LogP contribution in [0.25, 0.3) is 11.0 Å². The Hall–Kier alpha value is -3.48. The van der Waals surface area contributed by atoms with Crippen molar-refractivity contribution in [3.8, 4) is 17.2 Å². The van der Waals surface area contributed by atoms with Crippen molar-refractivity contribution in [1.82, 2.24) is 5.32 Å². The fourth-order valence-corrected chi connectivity index (χ4v) is 3.50. The van der Waals surface area contributed by atoms with E-state index in [9.17, 15) is 9.59 Å². The molecule has 0 radical (unpaired) electrons. The number of fused-ring (bicyclic) bond motifs is 2. The number of aryl methyl sites for hydroxylation is 2. The summed E-state index contributed by atoms with van der Waals surface area (Å²) in [6.45, 7) is 6.43. The third-order valence-corrected chi connectivity index (χ3v) is 5.12. The highest BCUT2D eigenvalue weighted by Gasteiger charge is 2.17. The molecule has 0 saturated carbocycles. The number of carbonyl (C=O) groups excluding carboxylic acids is 1. The average molecular weight is 409 g/mol. The summed E-state index contributed by atoms with van der Waals surface area (Å²) in [6, 6.07) is 10.4. The van der Waals surface area contributed by atoms with Crippen molar-refractivity contribution in [3.63, 3.8) is 0 Å². The third kappa shape index (κ3) is 3.96. The van der Waals surface area contributed by atoms with Gasteiger partial charge in [0, 0.05) is 17.0 Å². The minimum absolute atomic E-state index is 0.155. The van der Waals surface area contributed by atoms with Gasteiger partial charge in [0.25, 0.3) is 5.91 Å². The highest BCUT2D eigenvalue weighted by Crippen LogP contribution is 2.32. The van der Waals surface area contributed by atoms with Gasteiger partial charge in [0.05, 0.1) is 6.04 Å². The van der Waals surface area contributed by atoms with Crippen molar-refractivity contribution in [3.05, 3.63) is 63.5 Å². The molecule has 0 spiro atoms. The maximum Gasteiger partial charge on any atom is 0.336 e. The second-order valence-electron chi connectivity index (χ2n) is 7.29. The summed E-state index contributed by atoms with van der Waals surface area (Å²) in [5.41, 5.74) is 2.49. The molecule has 0 fully saturated rings. The first-order valence-corrected chi connectivity index (χ1v) is 9.78. The lowest BCUT2D eigenvalue weighted by Crippen LogP contribution is -2.31. The molecule has 30 heavy (non-hydrogen) atoms. The van der Waals surface area contributed by atoms with Gasteiger partial charge in [-0.3, -0.25) is 4.79 Å². The summed E-state index contributed by atoms with van der Waals surface area (Å²) in [7, 11) is 0. The van der Waals surface area contributed by atoms with E-state index < -0.39 is 5.63 Å². The van der Waals surface area contributed by atoms with Crippen molar-refractivity contribution in [2.75, 3.05) is 19.8 Å². The Kier molecular flexibility index (Phi) is 5.35. The smallest absolute Gasteiger partial charge is 0.336 e. The highest BCUT2D eigenvalue weighted by atomic mass is 16.6. The minimum atomic E-state index is -0.411. The van der Waals surface area contributed by atoms with Gasteiger partial charge in [0.15, 0.2) is 18.1 Å². The number of carbonyl (C=O) groups is 1. The number of ether oxygens (including phenoxy) is 3. The summed E-state index contributed by atoms with van der Waals surface area (Å²) in [5, 5.41) is 3.76. The van der Waals surface area contributed by atoms with Crippen LogP contribution in [-0.2, 0) is 4.79 Å². The first-order chi connectivity index (χ1) is 14.4. The fourth-order valence-electron chi connectivity index (χ4n) is 3.50. The van der Waals surface area contributed by atoms with Gasteiger partial charge in [0.2, 0.25) is 0 Å². The van der Waals surface area contributed by atoms with Crippen LogP contribution in [-0.4, -0.2) is 25.7 Å². The van der Waals surface area contributed by atoms with E-state index in [1.165, 1.54) is 6.07 Å². The van der Waals surface area contributed by atoms with Gasteiger partial charge in [-0.05, 0) is 56.2 Å². The fraction of sp³-hybridized carbons (Fsp3) is 0.304. The Morgan fingerprint density at radius 3 is 2.67 bits per heavy atom. The van der Waals surface area contributed by atoms with Crippen LogP contribution in [0.3, 0.4) is 0 Å². The lowest BCUT2D eigenvalue weighted by molar-refractivity contribution is -0.123. The van der Waals surface area contributed by atoms with Crippen LogP contribution in [0.5, 0.6) is 17.2 Å². The van der Waals surface area contributed by atoms with E-state index in [2.05, 4.69) is 5.32 Å². The second-order valence-corrected chi connectivity index (χ2v) is 7.29. The van der Waals surface area contributed by atoms with Crippen molar-refractivity contribution in [2.45, 2.75) is 26.8 Å². The van der Waals surface area contributed by atoms with E-state index in [1.54, 1.807) is 13.0 Å². The summed E-state index contributed by atoms with van der Waals surface area (Å²) < 4.78 is 22.1. The van der Waals surface area contributed by atoms with Crippen molar-refractivity contribution in [1.29, 1.82) is 0 Å². The van der Waals surface area contributed by atoms with Crippen molar-refractivity contribution >= 4 is 16.9 Å². The summed E-state index contributed by atoms with van der Waals surface area (Å²) in [4.78, 5) is 24.1. The standard InChI is InChI=1S/C23H23NO6/c1-13-10-22(26)30-23-14(2)18(7-5-17(13)23)29-12-21(25)24-15(3)16-4-6-19-20(11-16)28-9-8-27-19/h4-7,10-11,15H,8-9,12H2,1-3H3,(H,24,25)/t15-/m0/s1. The van der Waals surface area contributed by atoms with Crippen LogP contribution in [0.15, 0.2) is 45.6 Å². The van der Waals surface area contributed by atoms with E-state index in [0.29, 0.717) is 41.6 Å². The predicted octanol–water partition coefficient (Wildman–Crippen LogP) is 3.44. The minimum Gasteiger partial charge on any atom is -0.486 e. The van der Waals surface area contributed by atoms with Gasteiger partial charge in [-0.15, -0.1) is 0 Å². The second kappa shape index (κ2) is 8.10. The molecule has 0 aliphatic carbocycles. The third-order valence-electron chi connectivity index (χ3n) is 5.12. The lowest BCUT2D eigenvalue weighted by atomic mass is 10.1. The molecule has 156 valence electrons. The molecule has 3 aromatic rings. The molecule has 4 rings (SSSR count). The van der Waals surface area contributed by atoms with Gasteiger partial charge in [-0.1, -0.05) is 6.07 Å². The molecule has 1 atom stereocenters. The molecule has 7 heteroatoms. The number of rotatable bonds is 5. The molecule has 2 heterocycles. The van der Waals surface area contributed by atoms with Crippen LogP contribution in [0.1, 0.15) is 29.7 Å². The molecule has 1 N–H and O–H groups in total. The molecule has 1 aliphatic heterocycles. The Morgan fingerprint density at radius 1 is 1.10 bits per heavy atom. The zero-order valence-corrected chi connectivity index (χ0v) is 17.1. The van der Waals surface area contributed by atoms with E-state index in [1.807, 2.05) is 38.1 Å². The number of benzene rings is 2. The molecule has 0 saturated heterocycles. The number of amides is 1. The molecular formula is C23H23NO6. The van der Waals surface area contributed by atoms with Gasteiger partial charge in [0.1, 0.15) is 24.5 Å². The van der Waals surface area contributed by atoms with Gasteiger partial charge < -0.3 is 23.9 Å². The molecule has 1 amide bonds. The van der Waals surface area contributed by atoms with E-state index in [4.69, 9.17) is 18.6 Å². The summed E-state index contributed by atoms with van der Waals surface area (Å²) >= 11 is 0. The Balaban J connectivity index is 1.42. The first-order valence-electron chi connectivity index (χ1n) is 9.78. The summed E-state index contributed by atoms with van der Waals surface area (Å²) in [5.74, 6) is 1.63. The van der Waals surface area contributed by atoms with Crippen LogP contribution < -0.4 is 25.2 Å². The van der Waals surface area contributed by atoms with Crippen LogP contribution >= 0.6 is 0 Å². The number of hydrogen-bond donors (Lipinski definition) is 1. The van der Waals surface area contributed by atoms with Crippen LogP contribution in [0, 0.1) is 13.8 Å². The van der Waals surface area contributed by atoms with E-state index in [-0.39, 0.29) is 18.6 Å². The molecule has 7 nitrogen and oxygen atoms in total. The zero-order chi connectivity index (χ0) is 21.3. The average Bonchev–Trinajstić information content (AvgIpc) is 2.73. The molecule has 0 unspecified atom stereocenters. The predicted molar refractivity (Wildman–Crippen MR) is 111 cm³/mol. The topological polar surface area (TPSA) is 87.0 Å². The Labute approximate surface area is 173 Å².